The minimum absolute atomic E-state index is 0.0144. The smallest absolute Gasteiger partial charge is 0.317 e. The molecule has 1 saturated carbocycles. The standard InChI is InChI=1S/C14H24N2O3/c1-14(2)7-11(14)8-15-13(19)16-6-5-10(9-16)3-4-12(17)18/h10-11H,3-9H2,1-2H3,(H,15,19)(H,17,18). The molecule has 0 aromatic rings. The first-order valence-electron chi connectivity index (χ1n) is 7.13. The van der Waals surface area contributed by atoms with Crippen LogP contribution in [0.3, 0.4) is 0 Å². The Balaban J connectivity index is 1.65. The summed E-state index contributed by atoms with van der Waals surface area (Å²) in [5.41, 5.74) is 0.391. The number of carboxylic acids is 1. The highest BCUT2D eigenvalue weighted by molar-refractivity contribution is 5.74. The first-order valence-corrected chi connectivity index (χ1v) is 7.13. The third kappa shape index (κ3) is 3.85. The molecule has 2 fully saturated rings. The predicted molar refractivity (Wildman–Crippen MR) is 71.8 cm³/mol. The van der Waals surface area contributed by atoms with E-state index < -0.39 is 5.97 Å². The lowest BCUT2D eigenvalue weighted by Gasteiger charge is -2.17. The van der Waals surface area contributed by atoms with E-state index in [9.17, 15) is 9.59 Å². The van der Waals surface area contributed by atoms with Crippen molar-refractivity contribution >= 4 is 12.0 Å². The molecule has 0 spiro atoms. The Morgan fingerprint density at radius 3 is 2.68 bits per heavy atom. The average molecular weight is 268 g/mol. The Morgan fingerprint density at radius 2 is 2.11 bits per heavy atom. The summed E-state index contributed by atoms with van der Waals surface area (Å²) < 4.78 is 0. The Bertz CT molecular complexity index is 368. The van der Waals surface area contributed by atoms with Crippen molar-refractivity contribution in [1.82, 2.24) is 10.2 Å². The van der Waals surface area contributed by atoms with Gasteiger partial charge in [-0.1, -0.05) is 13.8 Å². The number of aliphatic carboxylic acids is 1. The fourth-order valence-corrected chi connectivity index (χ4v) is 2.83. The molecule has 5 nitrogen and oxygen atoms in total. The van der Waals surface area contributed by atoms with Crippen LogP contribution in [-0.4, -0.2) is 41.6 Å². The van der Waals surface area contributed by atoms with Gasteiger partial charge in [-0.05, 0) is 36.5 Å². The van der Waals surface area contributed by atoms with Crippen LogP contribution in [0.4, 0.5) is 4.79 Å². The average Bonchev–Trinajstić information content (AvgIpc) is 2.77. The third-order valence-corrected chi connectivity index (χ3v) is 4.56. The predicted octanol–water partition coefficient (Wildman–Crippen LogP) is 1.93. The number of likely N-dealkylation sites (tertiary alicyclic amines) is 1. The van der Waals surface area contributed by atoms with Gasteiger partial charge in [0.1, 0.15) is 0 Å². The molecule has 0 radical (unpaired) electrons. The quantitative estimate of drug-likeness (QED) is 0.800. The van der Waals surface area contributed by atoms with Crippen molar-refractivity contribution in [2.75, 3.05) is 19.6 Å². The zero-order valence-corrected chi connectivity index (χ0v) is 11.8. The number of amides is 2. The van der Waals surface area contributed by atoms with Crippen LogP contribution in [0.1, 0.15) is 39.5 Å². The maximum absolute atomic E-state index is 12.0. The molecule has 2 amide bonds. The number of rotatable bonds is 5. The van der Waals surface area contributed by atoms with Gasteiger partial charge in [0.15, 0.2) is 0 Å². The lowest BCUT2D eigenvalue weighted by molar-refractivity contribution is -0.137. The molecule has 19 heavy (non-hydrogen) atoms. The Morgan fingerprint density at radius 1 is 1.42 bits per heavy atom. The van der Waals surface area contributed by atoms with Crippen LogP contribution >= 0.6 is 0 Å². The van der Waals surface area contributed by atoms with Crippen LogP contribution in [0.25, 0.3) is 0 Å². The van der Waals surface area contributed by atoms with E-state index in [0.29, 0.717) is 30.2 Å². The van der Waals surface area contributed by atoms with E-state index in [1.807, 2.05) is 4.90 Å². The molecular formula is C14H24N2O3. The maximum atomic E-state index is 12.0. The van der Waals surface area contributed by atoms with Crippen LogP contribution in [0, 0.1) is 17.3 Å². The van der Waals surface area contributed by atoms with Crippen molar-refractivity contribution in [1.29, 1.82) is 0 Å². The molecule has 0 aromatic carbocycles. The molecule has 2 aliphatic rings. The number of carbonyl (C=O) groups excluding carboxylic acids is 1. The largest absolute Gasteiger partial charge is 0.481 e. The number of nitrogens with one attached hydrogen (secondary N) is 1. The Hall–Kier alpha value is -1.26. The second kappa shape index (κ2) is 5.39. The van der Waals surface area contributed by atoms with Crippen LogP contribution in [0.5, 0.6) is 0 Å². The van der Waals surface area contributed by atoms with Gasteiger partial charge in [-0.3, -0.25) is 4.79 Å². The zero-order valence-electron chi connectivity index (χ0n) is 11.8. The van der Waals surface area contributed by atoms with Gasteiger partial charge >= 0.3 is 12.0 Å². The van der Waals surface area contributed by atoms with E-state index in [1.165, 1.54) is 6.42 Å². The van der Waals surface area contributed by atoms with Crippen LogP contribution in [-0.2, 0) is 4.79 Å². The summed E-state index contributed by atoms with van der Waals surface area (Å²) >= 11 is 0. The van der Waals surface area contributed by atoms with Gasteiger partial charge in [0.2, 0.25) is 0 Å². The van der Waals surface area contributed by atoms with E-state index in [4.69, 9.17) is 5.11 Å². The fraction of sp³-hybridized carbons (Fsp3) is 0.857. The van der Waals surface area contributed by atoms with Crippen molar-refractivity contribution < 1.29 is 14.7 Å². The van der Waals surface area contributed by atoms with Gasteiger partial charge in [0.05, 0.1) is 0 Å². The summed E-state index contributed by atoms with van der Waals surface area (Å²) in [7, 11) is 0. The molecule has 1 saturated heterocycles. The molecule has 1 aliphatic carbocycles. The molecule has 0 aromatic heterocycles. The Kier molecular flexibility index (Phi) is 4.02. The summed E-state index contributed by atoms with van der Waals surface area (Å²) in [6.45, 7) is 6.67. The van der Waals surface area contributed by atoms with Crippen LogP contribution in [0.15, 0.2) is 0 Å². The second-order valence-electron chi connectivity index (χ2n) is 6.61. The van der Waals surface area contributed by atoms with Gasteiger partial charge in [0.25, 0.3) is 0 Å². The van der Waals surface area contributed by atoms with E-state index in [1.54, 1.807) is 0 Å². The van der Waals surface area contributed by atoms with Gasteiger partial charge in [-0.25, -0.2) is 4.79 Å². The number of urea groups is 1. The topological polar surface area (TPSA) is 69.6 Å². The normalized spacial score (nSPS) is 28.2. The van der Waals surface area contributed by atoms with Gasteiger partial charge in [-0.2, -0.15) is 0 Å². The molecular weight excluding hydrogens is 244 g/mol. The van der Waals surface area contributed by atoms with Crippen LogP contribution in [0.2, 0.25) is 0 Å². The molecule has 0 bridgehead atoms. The first-order chi connectivity index (χ1) is 8.88. The van der Waals surface area contributed by atoms with E-state index in [-0.39, 0.29) is 12.5 Å². The number of nitrogens with zero attached hydrogens (tertiary/aromatic N) is 1. The summed E-state index contributed by atoms with van der Waals surface area (Å²) in [5.74, 6) is 0.208. The molecule has 2 rings (SSSR count). The number of hydrogen-bond acceptors (Lipinski definition) is 2. The lowest BCUT2D eigenvalue weighted by Crippen LogP contribution is -2.39. The molecule has 108 valence electrons. The highest BCUT2D eigenvalue weighted by Crippen LogP contribution is 2.50. The van der Waals surface area contributed by atoms with Crippen molar-refractivity contribution in [2.45, 2.75) is 39.5 Å². The highest BCUT2D eigenvalue weighted by atomic mass is 16.4. The molecule has 1 heterocycles. The third-order valence-electron chi connectivity index (χ3n) is 4.56. The van der Waals surface area contributed by atoms with E-state index in [0.717, 1.165) is 19.5 Å². The lowest BCUT2D eigenvalue weighted by atomic mass is 10.0. The molecule has 2 atom stereocenters. The molecule has 5 heteroatoms. The summed E-state index contributed by atoms with van der Waals surface area (Å²) in [6.07, 6.45) is 3.00. The highest BCUT2D eigenvalue weighted by Gasteiger charge is 2.45. The summed E-state index contributed by atoms with van der Waals surface area (Å²) in [6, 6.07) is 0.0144. The second-order valence-corrected chi connectivity index (χ2v) is 6.61. The number of carboxylic acid groups (broad SMARTS) is 1. The fourth-order valence-electron chi connectivity index (χ4n) is 2.83. The van der Waals surface area contributed by atoms with Crippen molar-refractivity contribution in [3.63, 3.8) is 0 Å². The monoisotopic (exact) mass is 268 g/mol. The van der Waals surface area contributed by atoms with E-state index in [2.05, 4.69) is 19.2 Å². The van der Waals surface area contributed by atoms with Crippen molar-refractivity contribution in [3.05, 3.63) is 0 Å². The number of hydrogen-bond donors (Lipinski definition) is 2. The van der Waals surface area contributed by atoms with Crippen molar-refractivity contribution in [2.24, 2.45) is 17.3 Å². The first kappa shape index (κ1) is 14.2. The van der Waals surface area contributed by atoms with Gasteiger partial charge in [-0.15, -0.1) is 0 Å². The Labute approximate surface area is 114 Å². The minimum atomic E-state index is -0.751. The summed E-state index contributed by atoms with van der Waals surface area (Å²) in [5, 5.41) is 11.7. The SMILES string of the molecule is CC1(C)CC1CNC(=O)N1CCC(CCC(=O)O)C1. The van der Waals surface area contributed by atoms with Crippen LogP contribution < -0.4 is 5.32 Å². The maximum Gasteiger partial charge on any atom is 0.317 e. The van der Waals surface area contributed by atoms with Gasteiger partial charge < -0.3 is 15.3 Å². The summed E-state index contributed by atoms with van der Waals surface area (Å²) in [4.78, 5) is 24.3. The van der Waals surface area contributed by atoms with E-state index >= 15 is 0 Å². The molecule has 2 unspecified atom stereocenters. The van der Waals surface area contributed by atoms with Crippen molar-refractivity contribution in [3.8, 4) is 0 Å². The zero-order chi connectivity index (χ0) is 14.0. The molecule has 1 aliphatic heterocycles. The van der Waals surface area contributed by atoms with Gasteiger partial charge in [0, 0.05) is 26.1 Å². The minimum Gasteiger partial charge on any atom is -0.481 e. The number of carbonyl (C=O) groups is 2. The molecule has 2 N–H and O–H groups in total.